The van der Waals surface area contributed by atoms with Crippen LogP contribution in [0, 0.1) is 0 Å². The van der Waals surface area contributed by atoms with Crippen molar-refractivity contribution >= 4 is 9.63 Å². The molecular formula is C4H6F6O3S. The van der Waals surface area contributed by atoms with Gasteiger partial charge in [0.2, 0.25) is 5.25 Å². The highest BCUT2D eigenvalue weighted by molar-refractivity contribution is 8.10. The molecule has 0 aliphatic rings. The maximum Gasteiger partial charge on any atom is 0.414 e. The van der Waals surface area contributed by atoms with Crippen LogP contribution in [-0.2, 0) is 9.63 Å². The van der Waals surface area contributed by atoms with E-state index in [0.29, 0.717) is 0 Å². The molecule has 0 atom stereocenters. The van der Waals surface area contributed by atoms with Crippen molar-refractivity contribution in [3.8, 4) is 0 Å². The lowest BCUT2D eigenvalue weighted by Crippen LogP contribution is -2.58. The molecule has 88 valence electrons. The van der Waals surface area contributed by atoms with Crippen LogP contribution in [-0.4, -0.2) is 37.2 Å². The first-order valence-electron chi connectivity index (χ1n) is 2.89. The van der Waals surface area contributed by atoms with Gasteiger partial charge in [0, 0.05) is 6.26 Å². The fraction of sp³-hybridized carbons (Fsp3) is 1.00. The third-order valence-corrected chi connectivity index (χ3v) is 2.76. The molecule has 0 rings (SSSR count). The first kappa shape index (κ1) is 13.7. The van der Waals surface area contributed by atoms with Crippen LogP contribution in [0.5, 0.6) is 0 Å². The number of alkyl halides is 6. The van der Waals surface area contributed by atoms with Crippen molar-refractivity contribution in [3.63, 3.8) is 0 Å². The Morgan fingerprint density at radius 3 is 1.21 bits per heavy atom. The van der Waals surface area contributed by atoms with Crippen molar-refractivity contribution in [1.29, 1.82) is 0 Å². The summed E-state index contributed by atoms with van der Waals surface area (Å²) in [4.78, 5) is 0. The molecule has 0 spiro atoms. The van der Waals surface area contributed by atoms with Gasteiger partial charge in [0.1, 0.15) is 9.63 Å². The second-order valence-electron chi connectivity index (χ2n) is 2.77. The molecule has 0 radical (unpaired) electrons. The molecule has 3 nitrogen and oxygen atoms in total. The summed E-state index contributed by atoms with van der Waals surface area (Å²) in [5.41, 5.74) is 0. The summed E-state index contributed by atoms with van der Waals surface area (Å²) in [6.07, 6.45) is -12.5. The Hall–Kier alpha value is -0.350. The molecule has 0 saturated heterocycles. The monoisotopic (exact) mass is 248 g/mol. The molecule has 0 bridgehead atoms. The van der Waals surface area contributed by atoms with Crippen LogP contribution in [0.2, 0.25) is 0 Å². The Labute approximate surface area is 74.1 Å². The van der Waals surface area contributed by atoms with Crippen LogP contribution in [0.3, 0.4) is 0 Å². The van der Waals surface area contributed by atoms with Crippen LogP contribution < -0.4 is 0 Å². The molecule has 0 unspecified atom stereocenters. The molecule has 0 amide bonds. The van der Waals surface area contributed by atoms with Crippen molar-refractivity contribution in [2.24, 2.45) is 0 Å². The van der Waals surface area contributed by atoms with E-state index in [1.165, 1.54) is 0 Å². The zero-order chi connectivity index (χ0) is 12.0. The van der Waals surface area contributed by atoms with Gasteiger partial charge in [-0.3, -0.25) is 0 Å². The van der Waals surface area contributed by atoms with E-state index in [1.807, 2.05) is 0 Å². The average Bonchev–Trinajstić information content (AvgIpc) is 1.40. The summed E-state index contributed by atoms with van der Waals surface area (Å²) in [7, 11) is -6.77. The molecule has 0 aliphatic carbocycles. The molecule has 0 aromatic heterocycles. The maximum atomic E-state index is 11.7. The second kappa shape index (κ2) is 2.83. The van der Waals surface area contributed by atoms with E-state index in [4.69, 9.17) is 9.11 Å². The predicted octanol–water partition coefficient (Wildman–Crippen LogP) is 1.88. The minimum absolute atomic E-state index is 0.400. The topological polar surface area (TPSA) is 57.5 Å². The number of rotatable bonds is 1. The van der Waals surface area contributed by atoms with Gasteiger partial charge in [0.15, 0.2) is 0 Å². The van der Waals surface area contributed by atoms with E-state index in [0.717, 1.165) is 0 Å². The van der Waals surface area contributed by atoms with Crippen LogP contribution >= 0.6 is 0 Å². The van der Waals surface area contributed by atoms with E-state index in [-0.39, 0.29) is 0 Å². The van der Waals surface area contributed by atoms with Crippen molar-refractivity contribution in [2.45, 2.75) is 17.6 Å². The first-order valence-corrected chi connectivity index (χ1v) is 5.24. The highest BCUT2D eigenvalue weighted by Gasteiger charge is 2.67. The van der Waals surface area contributed by atoms with E-state index in [2.05, 4.69) is 0 Å². The van der Waals surface area contributed by atoms with Crippen molar-refractivity contribution < 1.29 is 39.7 Å². The van der Waals surface area contributed by atoms with E-state index in [9.17, 15) is 30.6 Å². The molecule has 0 aliphatic heterocycles. The van der Waals surface area contributed by atoms with Gasteiger partial charge in [-0.05, 0) is 0 Å². The normalized spacial score (nSPS) is 18.0. The third-order valence-electron chi connectivity index (χ3n) is 1.14. The SMILES string of the molecule is CS(=O)(O)(O)C(C(F)(F)F)C(F)(F)F. The van der Waals surface area contributed by atoms with Crippen LogP contribution in [0.15, 0.2) is 0 Å². The van der Waals surface area contributed by atoms with Crippen LogP contribution in [0.4, 0.5) is 26.3 Å². The highest BCUT2D eigenvalue weighted by Crippen LogP contribution is 2.44. The molecule has 0 fully saturated rings. The molecule has 10 heteroatoms. The van der Waals surface area contributed by atoms with Gasteiger partial charge in [-0.25, -0.2) is 4.21 Å². The minimum Gasteiger partial charge on any atom is -0.307 e. The average molecular weight is 248 g/mol. The fourth-order valence-corrected chi connectivity index (χ4v) is 2.03. The Morgan fingerprint density at radius 1 is 1.00 bits per heavy atom. The summed E-state index contributed by atoms with van der Waals surface area (Å²) >= 11 is 0. The van der Waals surface area contributed by atoms with Gasteiger partial charge in [0.05, 0.1) is 0 Å². The number of hydrogen-bond acceptors (Lipinski definition) is 1. The summed E-state index contributed by atoms with van der Waals surface area (Å²) in [6.45, 7) is 0. The predicted molar refractivity (Wildman–Crippen MR) is 35.2 cm³/mol. The Kier molecular flexibility index (Phi) is 2.75. The van der Waals surface area contributed by atoms with Gasteiger partial charge in [0.25, 0.3) is 0 Å². The smallest absolute Gasteiger partial charge is 0.307 e. The van der Waals surface area contributed by atoms with Gasteiger partial charge in [-0.15, -0.1) is 0 Å². The van der Waals surface area contributed by atoms with Gasteiger partial charge in [-0.2, -0.15) is 26.3 Å². The molecule has 0 saturated carbocycles. The zero-order valence-electron chi connectivity index (χ0n) is 6.56. The Balaban J connectivity index is 5.52. The van der Waals surface area contributed by atoms with E-state index >= 15 is 0 Å². The van der Waals surface area contributed by atoms with Crippen LogP contribution in [0.1, 0.15) is 0 Å². The molecule has 2 N–H and O–H groups in total. The van der Waals surface area contributed by atoms with Crippen molar-refractivity contribution in [1.82, 2.24) is 0 Å². The lowest BCUT2D eigenvalue weighted by atomic mass is 10.4. The Bertz CT molecular complexity index is 259. The van der Waals surface area contributed by atoms with Gasteiger partial charge >= 0.3 is 12.4 Å². The maximum absolute atomic E-state index is 11.7. The van der Waals surface area contributed by atoms with E-state index in [1.54, 1.807) is 0 Å². The standard InChI is InChI=1S/C4H6F6O3S/c1-14(11,12,13)2(3(5,6)7)4(8,9)10/h2H,1H3,(H2,11,12,13). The number of hydrogen-bond donors (Lipinski definition) is 2. The van der Waals surface area contributed by atoms with Crippen molar-refractivity contribution in [2.75, 3.05) is 6.26 Å². The molecular weight excluding hydrogens is 242 g/mol. The van der Waals surface area contributed by atoms with Gasteiger partial charge < -0.3 is 9.11 Å². The molecule has 0 aromatic rings. The molecule has 14 heavy (non-hydrogen) atoms. The summed E-state index contributed by atoms with van der Waals surface area (Å²) in [5.74, 6) is 0. The Morgan fingerprint density at radius 2 is 1.21 bits per heavy atom. The van der Waals surface area contributed by atoms with E-state index < -0.39 is 33.5 Å². The summed E-state index contributed by atoms with van der Waals surface area (Å²) < 4.78 is 97.5. The molecule has 0 aromatic carbocycles. The number of halogens is 6. The fourth-order valence-electron chi connectivity index (χ4n) is 0.801. The zero-order valence-corrected chi connectivity index (χ0v) is 7.37. The largest absolute Gasteiger partial charge is 0.414 e. The highest BCUT2D eigenvalue weighted by atomic mass is 32.3. The van der Waals surface area contributed by atoms with Crippen LogP contribution in [0.25, 0.3) is 0 Å². The first-order chi connectivity index (χ1) is 5.62. The van der Waals surface area contributed by atoms with Crippen molar-refractivity contribution in [3.05, 3.63) is 0 Å². The quantitative estimate of drug-likeness (QED) is 0.696. The molecule has 0 heterocycles. The van der Waals surface area contributed by atoms with Gasteiger partial charge in [-0.1, -0.05) is 0 Å². The lowest BCUT2D eigenvalue weighted by Gasteiger charge is -2.36. The second-order valence-corrected chi connectivity index (χ2v) is 5.85. The third kappa shape index (κ3) is 3.42. The summed E-state index contributed by atoms with van der Waals surface area (Å²) in [6, 6.07) is 0. The summed E-state index contributed by atoms with van der Waals surface area (Å²) in [5, 5.41) is -4.66. The lowest BCUT2D eigenvalue weighted by molar-refractivity contribution is -0.229. The minimum atomic E-state index is -6.77.